The molecule has 2 saturated carbocycles. The fraction of sp³-hybridized carbons (Fsp3) is 0.455. The molecule has 0 aromatic carbocycles. The molecule has 0 atom stereocenters. The number of fused-ring (bicyclic) bond motifs is 1. The van der Waals surface area contributed by atoms with E-state index in [-0.39, 0.29) is 32.2 Å². The van der Waals surface area contributed by atoms with Crippen LogP contribution in [0.15, 0.2) is 26.7 Å². The molecule has 0 unspecified atom stereocenters. The van der Waals surface area contributed by atoms with E-state index < -0.39 is 23.1 Å². The van der Waals surface area contributed by atoms with Crippen LogP contribution in [0.3, 0.4) is 0 Å². The molecule has 2 aliphatic carbocycles. The maximum Gasteiger partial charge on any atom is 0.300 e. The summed E-state index contributed by atoms with van der Waals surface area (Å²) in [6, 6.07) is 3.98. The van der Waals surface area contributed by atoms with Gasteiger partial charge >= 0.3 is 0 Å². The molecule has 1 aliphatic heterocycles. The Bertz CT molecular complexity index is 1050. The minimum Gasteiger partial charge on any atom is -0.481 e. The summed E-state index contributed by atoms with van der Waals surface area (Å²) in [6.07, 6.45) is 3.25. The third-order valence-corrected chi connectivity index (χ3v) is 7.63. The predicted octanol–water partition coefficient (Wildman–Crippen LogP) is 3.97. The Kier molecular flexibility index (Phi) is 12.9. The number of carbonyl (C=O) groups is 4. The fourth-order valence-corrected chi connectivity index (χ4v) is 4.75. The Labute approximate surface area is 238 Å². The molecule has 2 fully saturated rings. The maximum absolute atomic E-state index is 11.6. The molecule has 0 radical (unpaired) electrons. The average molecular weight is 698 g/mol. The Balaban J connectivity index is 0.000000274. The molecule has 3 heterocycles. The number of anilines is 1. The van der Waals surface area contributed by atoms with Gasteiger partial charge in [-0.1, -0.05) is 0 Å². The van der Waals surface area contributed by atoms with Crippen LogP contribution in [-0.2, 0) is 62.3 Å². The summed E-state index contributed by atoms with van der Waals surface area (Å²) in [5.74, 6) is -1.97. The van der Waals surface area contributed by atoms with Crippen LogP contribution in [0.5, 0.6) is 0 Å². The van der Waals surface area contributed by atoms with Crippen molar-refractivity contribution in [2.75, 3.05) is 5.32 Å². The van der Waals surface area contributed by atoms with Crippen LogP contribution < -0.4 is 11.1 Å². The number of primary amides is 1. The number of aliphatic carboxylic acids is 2. The van der Waals surface area contributed by atoms with Crippen molar-refractivity contribution in [2.45, 2.75) is 63.9 Å². The first-order chi connectivity index (χ1) is 16.4. The van der Waals surface area contributed by atoms with E-state index in [1.165, 1.54) is 0 Å². The van der Waals surface area contributed by atoms with Crippen molar-refractivity contribution < 1.29 is 59.3 Å². The average Bonchev–Trinajstić information content (AvgIpc) is 3.65. The monoisotopic (exact) mass is 696 g/mol. The Morgan fingerprint density at radius 2 is 1.67 bits per heavy atom. The minimum absolute atomic E-state index is 0. The molecule has 3 aliphatic rings. The normalized spacial score (nSPS) is 16.9. The van der Waals surface area contributed by atoms with Crippen LogP contribution in [0.2, 0.25) is 0 Å². The van der Waals surface area contributed by atoms with E-state index in [1.54, 1.807) is 22.7 Å². The molecule has 10 nitrogen and oxygen atoms in total. The third-order valence-electron chi connectivity index (χ3n) is 4.95. The van der Waals surface area contributed by atoms with Crippen LogP contribution in [-0.4, -0.2) is 45.2 Å². The summed E-state index contributed by atoms with van der Waals surface area (Å²) in [5, 5.41) is 22.6. The number of thiophene rings is 2. The van der Waals surface area contributed by atoms with Crippen molar-refractivity contribution in [1.82, 2.24) is 0 Å². The van der Waals surface area contributed by atoms with Gasteiger partial charge in [-0.25, -0.2) is 0 Å². The Morgan fingerprint density at radius 1 is 1.11 bits per heavy atom. The standard InChI is InChI=1S/C9H10BrNO2S.C9H9NO2S.2C2H4O2.Pd/c10-7-6(1-4-14-7)5-13-9(2-3-9)8(11)12;11-8-9(2-3-9)12-5-6-1-4-13-7(6)10-8;2*1-2(3)4;/h1,4H,2-3,5H2,(H2,11,12);1,4H,2-3,5H2,(H,10,11);2*1H3,(H,3,4);. The molecule has 5 rings (SSSR count). The van der Waals surface area contributed by atoms with Gasteiger partial charge < -0.3 is 30.7 Å². The van der Waals surface area contributed by atoms with Gasteiger partial charge in [0.15, 0.2) is 0 Å². The largest absolute Gasteiger partial charge is 0.481 e. The van der Waals surface area contributed by atoms with Crippen molar-refractivity contribution in [3.05, 3.63) is 37.8 Å². The number of nitrogens with one attached hydrogen (secondary N) is 1. The van der Waals surface area contributed by atoms with E-state index in [0.29, 0.717) is 13.2 Å². The number of nitrogens with two attached hydrogens (primary N) is 1. The molecule has 14 heteroatoms. The van der Waals surface area contributed by atoms with E-state index in [1.807, 2.05) is 22.9 Å². The Hall–Kier alpha value is -1.66. The van der Waals surface area contributed by atoms with E-state index in [4.69, 9.17) is 35.0 Å². The third kappa shape index (κ3) is 10.0. The van der Waals surface area contributed by atoms with E-state index >= 15 is 0 Å². The van der Waals surface area contributed by atoms with Gasteiger partial charge in [-0.05, 0) is 64.5 Å². The van der Waals surface area contributed by atoms with Crippen LogP contribution in [0.1, 0.15) is 50.7 Å². The molecular weight excluding hydrogens is 671 g/mol. The van der Waals surface area contributed by atoms with Crippen molar-refractivity contribution in [3.63, 3.8) is 0 Å². The van der Waals surface area contributed by atoms with Gasteiger partial charge in [0.2, 0.25) is 5.91 Å². The minimum atomic E-state index is -0.833. The first-order valence-electron chi connectivity index (χ1n) is 10.5. The van der Waals surface area contributed by atoms with Crippen molar-refractivity contribution >= 4 is 67.4 Å². The van der Waals surface area contributed by atoms with Gasteiger partial charge in [-0.3, -0.25) is 19.2 Å². The predicted molar refractivity (Wildman–Crippen MR) is 134 cm³/mol. The molecule has 5 N–H and O–H groups in total. The summed E-state index contributed by atoms with van der Waals surface area (Å²) in [7, 11) is 0. The van der Waals surface area contributed by atoms with E-state index in [2.05, 4.69) is 21.2 Å². The van der Waals surface area contributed by atoms with Gasteiger partial charge in [0, 0.05) is 45.4 Å². The number of carboxylic acids is 2. The number of ether oxygens (including phenoxy) is 2. The number of carboxylic acid groups (broad SMARTS) is 2. The number of hydrogen-bond donors (Lipinski definition) is 4. The first kappa shape index (κ1) is 32.4. The zero-order valence-electron chi connectivity index (χ0n) is 19.5. The van der Waals surface area contributed by atoms with Gasteiger partial charge in [0.05, 0.1) is 17.0 Å². The van der Waals surface area contributed by atoms with Crippen LogP contribution >= 0.6 is 38.6 Å². The zero-order valence-corrected chi connectivity index (χ0v) is 24.3. The van der Waals surface area contributed by atoms with Gasteiger partial charge in [-0.2, -0.15) is 0 Å². The quantitative estimate of drug-likeness (QED) is 0.349. The van der Waals surface area contributed by atoms with Gasteiger partial charge in [-0.15, -0.1) is 22.7 Å². The second-order valence-corrected chi connectivity index (χ2v) is 11.1. The van der Waals surface area contributed by atoms with Crippen molar-refractivity contribution in [3.8, 4) is 0 Å². The number of halogens is 1. The summed E-state index contributed by atoms with van der Waals surface area (Å²) in [6.45, 7) is 3.19. The summed E-state index contributed by atoms with van der Waals surface area (Å²) >= 11 is 6.58. The molecule has 0 bridgehead atoms. The number of rotatable bonds is 4. The van der Waals surface area contributed by atoms with E-state index in [9.17, 15) is 9.59 Å². The van der Waals surface area contributed by atoms with Gasteiger partial charge in [0.25, 0.3) is 17.8 Å². The van der Waals surface area contributed by atoms with Crippen molar-refractivity contribution in [2.24, 2.45) is 5.73 Å². The van der Waals surface area contributed by atoms with E-state index in [0.717, 1.165) is 59.4 Å². The number of hydrogen-bond acceptors (Lipinski definition) is 8. The SMILES string of the molecule is CC(=O)O.CC(=O)O.NC(=O)C1(OCc2ccsc2Br)CC1.O=C1Nc2sccc2COC12CC2.[Pd]. The number of carbonyl (C=O) groups excluding carboxylic acids is 2. The summed E-state index contributed by atoms with van der Waals surface area (Å²) in [4.78, 5) is 40.6. The second-order valence-electron chi connectivity index (χ2n) is 7.92. The second kappa shape index (κ2) is 14.3. The summed E-state index contributed by atoms with van der Waals surface area (Å²) in [5.41, 5.74) is 6.27. The summed E-state index contributed by atoms with van der Waals surface area (Å²) < 4.78 is 12.2. The van der Waals surface area contributed by atoms with Crippen LogP contribution in [0.4, 0.5) is 5.00 Å². The zero-order chi connectivity index (χ0) is 26.2. The fourth-order valence-electron chi connectivity index (χ4n) is 2.76. The molecule has 1 spiro atoms. The molecule has 36 heavy (non-hydrogen) atoms. The first-order valence-corrected chi connectivity index (χ1v) is 13.0. The topological polar surface area (TPSA) is 165 Å². The molecule has 2 amide bonds. The van der Waals surface area contributed by atoms with Gasteiger partial charge in [0.1, 0.15) is 16.2 Å². The maximum atomic E-state index is 11.6. The number of amides is 2. The molecule has 2 aromatic rings. The molecular formula is C22H27BrN2O8PdS2. The Morgan fingerprint density at radius 3 is 2.11 bits per heavy atom. The smallest absolute Gasteiger partial charge is 0.300 e. The molecule has 202 valence electrons. The molecule has 0 saturated heterocycles. The molecule has 2 aromatic heterocycles. The van der Waals surface area contributed by atoms with Crippen LogP contribution in [0.25, 0.3) is 0 Å². The van der Waals surface area contributed by atoms with Crippen LogP contribution in [0, 0.1) is 0 Å². The van der Waals surface area contributed by atoms with Crippen molar-refractivity contribution in [1.29, 1.82) is 0 Å².